The van der Waals surface area contributed by atoms with Crippen LogP contribution in [0.3, 0.4) is 0 Å². The van der Waals surface area contributed by atoms with E-state index in [1.807, 2.05) is 6.07 Å². The van der Waals surface area contributed by atoms with Crippen LogP contribution in [0.2, 0.25) is 0 Å². The van der Waals surface area contributed by atoms with Crippen LogP contribution in [-0.2, 0) is 4.74 Å². The first-order valence-corrected chi connectivity index (χ1v) is 7.71. The molecule has 1 atom stereocenters. The van der Waals surface area contributed by atoms with Crippen LogP contribution in [0.5, 0.6) is 0 Å². The lowest BCUT2D eigenvalue weighted by molar-refractivity contribution is 0.122. The molecule has 0 radical (unpaired) electrons. The first kappa shape index (κ1) is 15.0. The van der Waals surface area contributed by atoms with Crippen molar-refractivity contribution in [1.29, 1.82) is 0 Å². The highest BCUT2D eigenvalue weighted by Crippen LogP contribution is 2.17. The summed E-state index contributed by atoms with van der Waals surface area (Å²) in [5.74, 6) is 1.91. The van der Waals surface area contributed by atoms with Crippen LogP contribution in [0.4, 0.5) is 11.6 Å². The van der Waals surface area contributed by atoms with Crippen molar-refractivity contribution in [3.63, 3.8) is 0 Å². The molecule has 2 rings (SSSR count). The normalized spacial score (nSPS) is 17.0. The van der Waals surface area contributed by atoms with Gasteiger partial charge in [0.2, 0.25) is 0 Å². The fourth-order valence-corrected chi connectivity index (χ4v) is 2.42. The largest absolute Gasteiger partial charge is 0.378 e. The number of hydrogen-bond acceptors (Lipinski definition) is 5. The minimum absolute atomic E-state index is 0.453. The topological polar surface area (TPSA) is 50.3 Å². The van der Waals surface area contributed by atoms with E-state index >= 15 is 0 Å². The lowest BCUT2D eigenvalue weighted by Gasteiger charge is -2.28. The van der Waals surface area contributed by atoms with Crippen molar-refractivity contribution in [3.05, 3.63) is 12.4 Å². The molecule has 1 aliphatic heterocycles. The number of hydrogen-bond donors (Lipinski definition) is 1. The summed E-state index contributed by atoms with van der Waals surface area (Å²) >= 11 is 0. The summed E-state index contributed by atoms with van der Waals surface area (Å²) in [4.78, 5) is 10.9. The van der Waals surface area contributed by atoms with Crippen LogP contribution < -0.4 is 10.2 Å². The van der Waals surface area contributed by atoms with Crippen LogP contribution in [0, 0.1) is 0 Å². The van der Waals surface area contributed by atoms with E-state index in [-0.39, 0.29) is 0 Å². The van der Waals surface area contributed by atoms with E-state index in [1.165, 1.54) is 25.7 Å². The Labute approximate surface area is 121 Å². The Morgan fingerprint density at radius 3 is 2.85 bits per heavy atom. The summed E-state index contributed by atoms with van der Waals surface area (Å²) in [6.07, 6.45) is 6.67. The zero-order chi connectivity index (χ0) is 14.2. The molecule has 1 N–H and O–H groups in total. The molecular weight excluding hydrogens is 252 g/mol. The van der Waals surface area contributed by atoms with E-state index in [9.17, 15) is 0 Å². The van der Waals surface area contributed by atoms with Crippen molar-refractivity contribution >= 4 is 11.6 Å². The predicted molar refractivity (Wildman–Crippen MR) is 82.3 cm³/mol. The molecule has 112 valence electrons. The van der Waals surface area contributed by atoms with Crippen molar-refractivity contribution in [2.75, 3.05) is 36.5 Å². The fourth-order valence-electron chi connectivity index (χ4n) is 2.42. The second-order valence-corrected chi connectivity index (χ2v) is 5.40. The lowest BCUT2D eigenvalue weighted by atomic mass is 10.1. The highest BCUT2D eigenvalue weighted by Gasteiger charge is 2.13. The van der Waals surface area contributed by atoms with E-state index in [1.54, 1.807) is 6.33 Å². The van der Waals surface area contributed by atoms with Crippen LogP contribution in [0.25, 0.3) is 0 Å². The van der Waals surface area contributed by atoms with Gasteiger partial charge in [-0.3, -0.25) is 0 Å². The van der Waals surface area contributed by atoms with Gasteiger partial charge in [0.25, 0.3) is 0 Å². The van der Waals surface area contributed by atoms with Crippen molar-refractivity contribution < 1.29 is 4.74 Å². The summed E-state index contributed by atoms with van der Waals surface area (Å²) in [5.41, 5.74) is 0. The van der Waals surface area contributed by atoms with Gasteiger partial charge in [-0.1, -0.05) is 26.2 Å². The molecule has 1 aromatic rings. The molecule has 0 saturated carbocycles. The third-order valence-corrected chi connectivity index (χ3v) is 3.62. The number of nitrogens with one attached hydrogen (secondary N) is 1. The van der Waals surface area contributed by atoms with Crippen LogP contribution >= 0.6 is 0 Å². The Balaban J connectivity index is 1.88. The molecule has 1 fully saturated rings. The minimum atomic E-state index is 0.453. The Hall–Kier alpha value is -1.36. The number of nitrogens with zero attached hydrogens (tertiary/aromatic N) is 3. The molecule has 1 aromatic heterocycles. The summed E-state index contributed by atoms with van der Waals surface area (Å²) in [6, 6.07) is 2.50. The Kier molecular flexibility index (Phi) is 6.05. The van der Waals surface area contributed by atoms with Gasteiger partial charge in [-0.05, 0) is 13.3 Å². The molecule has 0 spiro atoms. The van der Waals surface area contributed by atoms with E-state index < -0.39 is 0 Å². The molecular formula is C15H26N4O. The van der Waals surface area contributed by atoms with Gasteiger partial charge in [-0.15, -0.1) is 0 Å². The quantitative estimate of drug-likeness (QED) is 0.777. The van der Waals surface area contributed by atoms with Gasteiger partial charge in [0.05, 0.1) is 13.2 Å². The molecule has 20 heavy (non-hydrogen) atoms. The van der Waals surface area contributed by atoms with E-state index in [4.69, 9.17) is 4.74 Å². The van der Waals surface area contributed by atoms with E-state index in [0.717, 1.165) is 37.9 Å². The van der Waals surface area contributed by atoms with Crippen LogP contribution in [0.15, 0.2) is 12.4 Å². The van der Waals surface area contributed by atoms with Crippen molar-refractivity contribution in [1.82, 2.24) is 9.97 Å². The number of unbranched alkanes of at least 4 members (excludes halogenated alkanes) is 2. The smallest absolute Gasteiger partial charge is 0.134 e. The molecule has 1 aliphatic rings. The Morgan fingerprint density at radius 2 is 2.10 bits per heavy atom. The summed E-state index contributed by atoms with van der Waals surface area (Å²) in [5, 5.41) is 3.47. The molecule has 5 heteroatoms. The number of ether oxygens (including phenoxy) is 1. The van der Waals surface area contributed by atoms with Gasteiger partial charge in [0, 0.05) is 25.2 Å². The molecule has 0 amide bonds. The standard InChI is InChI=1S/C15H26N4O/c1-3-4-5-6-13(2)18-14-11-15(17-12-16-14)19-7-9-20-10-8-19/h11-13H,3-10H2,1-2H3,(H,16,17,18). The molecule has 0 bridgehead atoms. The van der Waals surface area contributed by atoms with E-state index in [0.29, 0.717) is 6.04 Å². The van der Waals surface area contributed by atoms with E-state index in [2.05, 4.69) is 34.0 Å². The predicted octanol–water partition coefficient (Wildman–Crippen LogP) is 2.69. The molecule has 1 unspecified atom stereocenters. The third kappa shape index (κ3) is 4.63. The van der Waals surface area contributed by atoms with Crippen molar-refractivity contribution in [2.24, 2.45) is 0 Å². The number of aromatic nitrogens is 2. The second kappa shape index (κ2) is 8.04. The van der Waals surface area contributed by atoms with Gasteiger partial charge in [-0.2, -0.15) is 0 Å². The third-order valence-electron chi connectivity index (χ3n) is 3.62. The number of morpholine rings is 1. The maximum Gasteiger partial charge on any atom is 0.134 e. The maximum absolute atomic E-state index is 5.37. The molecule has 0 aliphatic carbocycles. The van der Waals surface area contributed by atoms with Gasteiger partial charge in [0.1, 0.15) is 18.0 Å². The highest BCUT2D eigenvalue weighted by molar-refractivity contribution is 5.49. The molecule has 2 heterocycles. The molecule has 0 aromatic carbocycles. The Morgan fingerprint density at radius 1 is 1.30 bits per heavy atom. The second-order valence-electron chi connectivity index (χ2n) is 5.40. The minimum Gasteiger partial charge on any atom is -0.378 e. The monoisotopic (exact) mass is 278 g/mol. The van der Waals surface area contributed by atoms with Crippen molar-refractivity contribution in [2.45, 2.75) is 45.6 Å². The van der Waals surface area contributed by atoms with Crippen LogP contribution in [-0.4, -0.2) is 42.3 Å². The van der Waals surface area contributed by atoms with Gasteiger partial charge in [-0.25, -0.2) is 9.97 Å². The number of rotatable bonds is 7. The maximum atomic E-state index is 5.37. The summed E-state index contributed by atoms with van der Waals surface area (Å²) < 4.78 is 5.37. The van der Waals surface area contributed by atoms with Gasteiger partial charge < -0.3 is 15.0 Å². The summed E-state index contributed by atoms with van der Waals surface area (Å²) in [6.45, 7) is 7.81. The number of anilines is 2. The first-order chi connectivity index (χ1) is 9.79. The van der Waals surface area contributed by atoms with Gasteiger partial charge >= 0.3 is 0 Å². The zero-order valence-corrected chi connectivity index (χ0v) is 12.6. The Bertz CT molecular complexity index is 393. The SMILES string of the molecule is CCCCCC(C)Nc1cc(N2CCOCC2)ncn1. The molecule has 1 saturated heterocycles. The average Bonchev–Trinajstić information content (AvgIpc) is 2.49. The summed E-state index contributed by atoms with van der Waals surface area (Å²) in [7, 11) is 0. The highest BCUT2D eigenvalue weighted by atomic mass is 16.5. The zero-order valence-electron chi connectivity index (χ0n) is 12.6. The van der Waals surface area contributed by atoms with Gasteiger partial charge in [0.15, 0.2) is 0 Å². The first-order valence-electron chi connectivity index (χ1n) is 7.71. The van der Waals surface area contributed by atoms with Crippen LogP contribution in [0.1, 0.15) is 39.5 Å². The van der Waals surface area contributed by atoms with Crippen molar-refractivity contribution in [3.8, 4) is 0 Å². The molecule has 5 nitrogen and oxygen atoms in total. The average molecular weight is 278 g/mol. The fraction of sp³-hybridized carbons (Fsp3) is 0.733. The lowest BCUT2D eigenvalue weighted by Crippen LogP contribution is -2.36.